The second kappa shape index (κ2) is 7.40. The third-order valence-corrected chi connectivity index (χ3v) is 5.94. The van der Waals surface area contributed by atoms with Crippen LogP contribution in [-0.4, -0.2) is 53.1 Å². The molecule has 0 bridgehead atoms. The number of benzene rings is 1. The molecule has 7 nitrogen and oxygen atoms in total. The van der Waals surface area contributed by atoms with Crippen molar-refractivity contribution in [1.82, 2.24) is 19.9 Å². The fourth-order valence-corrected chi connectivity index (χ4v) is 4.41. The number of amides is 1. The summed E-state index contributed by atoms with van der Waals surface area (Å²) in [6.07, 6.45) is 3.81. The van der Waals surface area contributed by atoms with Gasteiger partial charge in [-0.1, -0.05) is 0 Å². The second-order valence-corrected chi connectivity index (χ2v) is 7.69. The summed E-state index contributed by atoms with van der Waals surface area (Å²) in [5.74, 6) is 1.66. The first-order chi connectivity index (χ1) is 14.7. The number of nitrogens with zero attached hydrogens (tertiary/aromatic N) is 2. The molecule has 1 amide bonds. The fraction of sp³-hybridized carbons (Fsp3) is 0.304. The first-order valence-corrected chi connectivity index (χ1v) is 10.1. The van der Waals surface area contributed by atoms with Crippen molar-refractivity contribution >= 4 is 27.8 Å². The van der Waals surface area contributed by atoms with E-state index >= 15 is 0 Å². The minimum atomic E-state index is -0.00533. The molecule has 1 atom stereocenters. The number of piperidine rings is 1. The number of rotatable bonds is 4. The molecule has 0 radical (unpaired) electrons. The molecule has 1 aliphatic rings. The van der Waals surface area contributed by atoms with E-state index < -0.39 is 0 Å². The number of nitrogens with one attached hydrogen (secondary N) is 2. The van der Waals surface area contributed by atoms with Gasteiger partial charge in [-0.05, 0) is 49.2 Å². The van der Waals surface area contributed by atoms with Crippen molar-refractivity contribution in [3.8, 4) is 11.5 Å². The van der Waals surface area contributed by atoms with Crippen molar-refractivity contribution in [2.75, 3.05) is 27.3 Å². The third-order valence-electron chi connectivity index (χ3n) is 5.94. The summed E-state index contributed by atoms with van der Waals surface area (Å²) in [5, 5.41) is 0.843. The molecule has 154 valence electrons. The van der Waals surface area contributed by atoms with Gasteiger partial charge in [0, 0.05) is 36.3 Å². The minimum Gasteiger partial charge on any atom is -0.496 e. The standard InChI is InChI=1S/C23H24N4O3/c1-29-20-7-8-21(30-2)22-15(20)11-19(26-22)23(28)27-10-4-5-14(13-27)17-12-18-16(25-17)6-3-9-24-18/h3,6-9,11-12,14,25-26H,4-5,10,13H2,1-2H3. The second-order valence-electron chi connectivity index (χ2n) is 7.69. The van der Waals surface area contributed by atoms with Gasteiger partial charge < -0.3 is 24.3 Å². The summed E-state index contributed by atoms with van der Waals surface area (Å²) in [5.41, 5.74) is 4.46. The molecule has 1 fully saturated rings. The van der Waals surface area contributed by atoms with Gasteiger partial charge in [-0.15, -0.1) is 0 Å². The highest BCUT2D eigenvalue weighted by Crippen LogP contribution is 2.34. The van der Waals surface area contributed by atoms with Crippen LogP contribution in [0.5, 0.6) is 11.5 Å². The highest BCUT2D eigenvalue weighted by atomic mass is 16.5. The summed E-state index contributed by atoms with van der Waals surface area (Å²) >= 11 is 0. The summed E-state index contributed by atoms with van der Waals surface area (Å²) < 4.78 is 10.9. The van der Waals surface area contributed by atoms with Gasteiger partial charge in [0.05, 0.1) is 30.8 Å². The molecule has 4 heterocycles. The molecule has 0 saturated carbocycles. The van der Waals surface area contributed by atoms with E-state index in [-0.39, 0.29) is 11.8 Å². The number of carbonyl (C=O) groups is 1. The van der Waals surface area contributed by atoms with E-state index in [1.54, 1.807) is 20.4 Å². The number of methoxy groups -OCH3 is 2. The van der Waals surface area contributed by atoms with Crippen molar-refractivity contribution in [2.24, 2.45) is 0 Å². The van der Waals surface area contributed by atoms with Crippen LogP contribution in [0.15, 0.2) is 42.6 Å². The predicted octanol–water partition coefficient (Wildman–Crippen LogP) is 4.08. The van der Waals surface area contributed by atoms with Crippen molar-refractivity contribution in [2.45, 2.75) is 18.8 Å². The van der Waals surface area contributed by atoms with Crippen molar-refractivity contribution in [3.63, 3.8) is 0 Å². The maximum absolute atomic E-state index is 13.3. The van der Waals surface area contributed by atoms with E-state index in [2.05, 4.69) is 21.0 Å². The maximum atomic E-state index is 13.3. The van der Waals surface area contributed by atoms with Gasteiger partial charge in [-0.25, -0.2) is 0 Å². The van der Waals surface area contributed by atoms with Crippen molar-refractivity contribution in [3.05, 3.63) is 54.0 Å². The van der Waals surface area contributed by atoms with Crippen LogP contribution in [0, 0.1) is 0 Å². The first-order valence-electron chi connectivity index (χ1n) is 10.1. The number of hydrogen-bond donors (Lipinski definition) is 2. The van der Waals surface area contributed by atoms with Crippen LogP contribution < -0.4 is 9.47 Å². The maximum Gasteiger partial charge on any atom is 0.270 e. The molecule has 2 N–H and O–H groups in total. The summed E-state index contributed by atoms with van der Waals surface area (Å²) in [4.78, 5) is 26.4. The number of likely N-dealkylation sites (tertiary alicyclic amines) is 1. The Hall–Kier alpha value is -3.48. The van der Waals surface area contributed by atoms with Crippen LogP contribution in [0.25, 0.3) is 21.9 Å². The van der Waals surface area contributed by atoms with E-state index in [0.717, 1.165) is 47.0 Å². The quantitative estimate of drug-likeness (QED) is 0.537. The van der Waals surface area contributed by atoms with Gasteiger partial charge in [0.2, 0.25) is 0 Å². The monoisotopic (exact) mass is 404 g/mol. The SMILES string of the molecule is COc1ccc(OC)c2[nH]c(C(=O)N3CCCC(c4cc5ncccc5[nH]4)C3)cc12. The van der Waals surface area contributed by atoms with Gasteiger partial charge in [0.1, 0.15) is 17.2 Å². The Bertz CT molecular complexity index is 1150. The lowest BCUT2D eigenvalue weighted by molar-refractivity contribution is 0.0701. The van der Waals surface area contributed by atoms with E-state index in [1.165, 1.54) is 0 Å². The Morgan fingerprint density at radius 2 is 1.97 bits per heavy atom. The molecule has 1 unspecified atom stereocenters. The van der Waals surface area contributed by atoms with E-state index in [1.807, 2.05) is 35.2 Å². The van der Waals surface area contributed by atoms with Crippen molar-refractivity contribution < 1.29 is 14.3 Å². The average molecular weight is 404 g/mol. The summed E-state index contributed by atoms with van der Waals surface area (Å²) in [7, 11) is 3.24. The van der Waals surface area contributed by atoms with Gasteiger partial charge in [-0.2, -0.15) is 0 Å². The van der Waals surface area contributed by atoms with Gasteiger partial charge >= 0.3 is 0 Å². The molecule has 5 rings (SSSR count). The van der Waals surface area contributed by atoms with Crippen LogP contribution in [0.4, 0.5) is 0 Å². The largest absolute Gasteiger partial charge is 0.496 e. The predicted molar refractivity (Wildman–Crippen MR) is 115 cm³/mol. The molecule has 1 aliphatic heterocycles. The molecule has 3 aromatic heterocycles. The van der Waals surface area contributed by atoms with E-state index in [4.69, 9.17) is 9.47 Å². The molecule has 1 aromatic carbocycles. The Morgan fingerprint density at radius 1 is 1.13 bits per heavy atom. The first kappa shape index (κ1) is 18.5. The molecule has 1 saturated heterocycles. The summed E-state index contributed by atoms with van der Waals surface area (Å²) in [6, 6.07) is 11.6. The number of hydrogen-bond acceptors (Lipinski definition) is 4. The lowest BCUT2D eigenvalue weighted by atomic mass is 9.94. The lowest BCUT2D eigenvalue weighted by Gasteiger charge is -2.32. The molecular weight excluding hydrogens is 380 g/mol. The highest BCUT2D eigenvalue weighted by molar-refractivity contribution is 6.01. The Morgan fingerprint density at radius 3 is 2.77 bits per heavy atom. The van der Waals surface area contributed by atoms with Crippen molar-refractivity contribution in [1.29, 1.82) is 0 Å². The van der Waals surface area contributed by atoms with Crippen LogP contribution >= 0.6 is 0 Å². The number of H-pyrrole nitrogens is 2. The van der Waals surface area contributed by atoms with Gasteiger partial charge in [0.15, 0.2) is 0 Å². The molecule has 30 heavy (non-hydrogen) atoms. The zero-order valence-corrected chi connectivity index (χ0v) is 17.1. The lowest BCUT2D eigenvalue weighted by Crippen LogP contribution is -2.39. The smallest absolute Gasteiger partial charge is 0.270 e. The topological polar surface area (TPSA) is 83.2 Å². The average Bonchev–Trinajstić information content (AvgIpc) is 3.43. The molecule has 0 spiro atoms. The molecule has 7 heteroatoms. The Balaban J connectivity index is 1.43. The normalized spacial score (nSPS) is 16.9. The summed E-state index contributed by atoms with van der Waals surface area (Å²) in [6.45, 7) is 1.42. The zero-order valence-electron chi connectivity index (χ0n) is 17.1. The third kappa shape index (κ3) is 3.07. The van der Waals surface area contributed by atoms with Gasteiger partial charge in [-0.3, -0.25) is 9.78 Å². The Labute approximate surface area is 174 Å². The van der Waals surface area contributed by atoms with Crippen LogP contribution in [0.2, 0.25) is 0 Å². The number of pyridine rings is 1. The Kier molecular flexibility index (Phi) is 4.58. The van der Waals surface area contributed by atoms with Crippen LogP contribution in [0.3, 0.4) is 0 Å². The van der Waals surface area contributed by atoms with E-state index in [9.17, 15) is 4.79 Å². The number of aromatic amines is 2. The zero-order chi connectivity index (χ0) is 20.7. The molecule has 4 aromatic rings. The number of aromatic nitrogens is 3. The number of carbonyl (C=O) groups excluding carboxylic acids is 1. The van der Waals surface area contributed by atoms with Crippen LogP contribution in [-0.2, 0) is 0 Å². The number of fused-ring (bicyclic) bond motifs is 2. The van der Waals surface area contributed by atoms with Crippen LogP contribution in [0.1, 0.15) is 34.9 Å². The van der Waals surface area contributed by atoms with E-state index in [0.29, 0.717) is 23.7 Å². The fourth-order valence-electron chi connectivity index (χ4n) is 4.41. The highest BCUT2D eigenvalue weighted by Gasteiger charge is 2.28. The molecular formula is C23H24N4O3. The minimum absolute atomic E-state index is 0.00533. The molecule has 0 aliphatic carbocycles. The number of ether oxygens (including phenoxy) is 2. The van der Waals surface area contributed by atoms with Gasteiger partial charge in [0.25, 0.3) is 5.91 Å².